The maximum atomic E-state index is 11.9. The Morgan fingerprint density at radius 2 is 2.10 bits per heavy atom. The number of hydrogen-bond donors (Lipinski definition) is 2. The summed E-state index contributed by atoms with van der Waals surface area (Å²) in [6, 6.07) is 5.09. The van der Waals surface area contributed by atoms with Gasteiger partial charge in [-0.3, -0.25) is 4.79 Å². The summed E-state index contributed by atoms with van der Waals surface area (Å²) in [7, 11) is 0. The van der Waals surface area contributed by atoms with Crippen LogP contribution >= 0.6 is 27.5 Å². The second-order valence-electron chi connectivity index (χ2n) is 5.36. The molecule has 0 aliphatic heterocycles. The summed E-state index contributed by atoms with van der Waals surface area (Å²) in [5.74, 6) is 0.667. The highest BCUT2D eigenvalue weighted by Gasteiger charge is 2.17. The summed E-state index contributed by atoms with van der Waals surface area (Å²) in [6.45, 7) is 5.93. The van der Waals surface area contributed by atoms with Gasteiger partial charge in [-0.15, -0.1) is 0 Å². The third-order valence-corrected chi connectivity index (χ3v) is 3.68. The molecule has 118 valence electrons. The number of carbonyl (C=O) groups excluding carboxylic acids is 1. The quantitative estimate of drug-likeness (QED) is 0.764. The van der Waals surface area contributed by atoms with Crippen LogP contribution in [-0.4, -0.2) is 29.8 Å². The standard InChI is InChI=1S/C15H21BrClNO3/c1-9(2)6-12(19)8-18-15(20)10(3)21-14-5-4-11(17)7-13(14)16/h4-5,7,9-10,12,19H,6,8H2,1-3H3,(H,18,20). The van der Waals surface area contributed by atoms with Gasteiger partial charge in [0.05, 0.1) is 10.6 Å². The van der Waals surface area contributed by atoms with Gasteiger partial charge in [-0.25, -0.2) is 0 Å². The molecule has 0 saturated heterocycles. The van der Waals surface area contributed by atoms with Crippen molar-refractivity contribution in [1.29, 1.82) is 0 Å². The molecule has 1 aromatic rings. The van der Waals surface area contributed by atoms with Crippen LogP contribution in [0.2, 0.25) is 5.02 Å². The fraction of sp³-hybridized carbons (Fsp3) is 0.533. The topological polar surface area (TPSA) is 58.6 Å². The van der Waals surface area contributed by atoms with Crippen LogP contribution in [0.25, 0.3) is 0 Å². The van der Waals surface area contributed by atoms with Gasteiger partial charge >= 0.3 is 0 Å². The Hall–Kier alpha value is -0.780. The van der Waals surface area contributed by atoms with Crippen LogP contribution in [0.5, 0.6) is 5.75 Å². The fourth-order valence-electron chi connectivity index (χ4n) is 1.80. The average molecular weight is 379 g/mol. The van der Waals surface area contributed by atoms with E-state index in [1.54, 1.807) is 25.1 Å². The molecule has 2 atom stereocenters. The van der Waals surface area contributed by atoms with Crippen molar-refractivity contribution in [3.05, 3.63) is 27.7 Å². The Balaban J connectivity index is 2.47. The molecule has 0 aromatic heterocycles. The second kappa shape index (κ2) is 8.61. The Morgan fingerprint density at radius 1 is 1.43 bits per heavy atom. The van der Waals surface area contributed by atoms with E-state index < -0.39 is 12.2 Å². The van der Waals surface area contributed by atoms with Gasteiger partial charge in [0.15, 0.2) is 6.10 Å². The van der Waals surface area contributed by atoms with Gasteiger partial charge in [0.1, 0.15) is 5.75 Å². The minimum absolute atomic E-state index is 0.229. The molecule has 0 aliphatic rings. The van der Waals surface area contributed by atoms with Crippen LogP contribution in [0.4, 0.5) is 0 Å². The highest BCUT2D eigenvalue weighted by molar-refractivity contribution is 9.10. The third-order valence-electron chi connectivity index (χ3n) is 2.82. The number of ether oxygens (including phenoxy) is 1. The van der Waals surface area contributed by atoms with Crippen LogP contribution in [0.1, 0.15) is 27.2 Å². The Kier molecular flexibility index (Phi) is 7.49. The molecule has 2 unspecified atom stereocenters. The number of benzene rings is 1. The molecule has 0 heterocycles. The zero-order valence-electron chi connectivity index (χ0n) is 12.4. The van der Waals surface area contributed by atoms with Crippen LogP contribution < -0.4 is 10.1 Å². The van der Waals surface area contributed by atoms with Crippen molar-refractivity contribution in [2.45, 2.75) is 39.4 Å². The fourth-order valence-corrected chi connectivity index (χ4v) is 2.58. The van der Waals surface area contributed by atoms with Gasteiger partial charge in [-0.1, -0.05) is 25.4 Å². The van der Waals surface area contributed by atoms with Gasteiger partial charge in [0, 0.05) is 11.6 Å². The summed E-state index contributed by atoms with van der Waals surface area (Å²) >= 11 is 9.18. The van der Waals surface area contributed by atoms with Gasteiger partial charge < -0.3 is 15.2 Å². The van der Waals surface area contributed by atoms with Crippen molar-refractivity contribution in [2.24, 2.45) is 5.92 Å². The summed E-state index contributed by atoms with van der Waals surface area (Å²) in [4.78, 5) is 11.9. The number of rotatable bonds is 7. The van der Waals surface area contributed by atoms with E-state index in [2.05, 4.69) is 21.2 Å². The van der Waals surface area contributed by atoms with Crippen molar-refractivity contribution in [2.75, 3.05) is 6.54 Å². The molecular formula is C15H21BrClNO3. The first kappa shape index (κ1) is 18.3. The number of carbonyl (C=O) groups is 1. The van der Waals surface area contributed by atoms with E-state index in [4.69, 9.17) is 16.3 Å². The Morgan fingerprint density at radius 3 is 2.67 bits per heavy atom. The van der Waals surface area contributed by atoms with E-state index in [1.165, 1.54) is 0 Å². The summed E-state index contributed by atoms with van der Waals surface area (Å²) in [5, 5.41) is 13.0. The molecule has 1 aromatic carbocycles. The lowest BCUT2D eigenvalue weighted by Crippen LogP contribution is -2.40. The van der Waals surface area contributed by atoms with Crippen molar-refractivity contribution in [1.82, 2.24) is 5.32 Å². The van der Waals surface area contributed by atoms with Crippen molar-refractivity contribution < 1.29 is 14.6 Å². The summed E-state index contributed by atoms with van der Waals surface area (Å²) < 4.78 is 6.27. The van der Waals surface area contributed by atoms with E-state index in [-0.39, 0.29) is 12.5 Å². The SMILES string of the molecule is CC(C)CC(O)CNC(=O)C(C)Oc1ccc(Cl)cc1Br. The molecule has 4 nitrogen and oxygen atoms in total. The Bertz CT molecular complexity index is 482. The zero-order valence-corrected chi connectivity index (χ0v) is 14.7. The molecule has 2 N–H and O–H groups in total. The molecule has 21 heavy (non-hydrogen) atoms. The lowest BCUT2D eigenvalue weighted by molar-refractivity contribution is -0.127. The number of halogens is 2. The Labute approximate surface area is 139 Å². The lowest BCUT2D eigenvalue weighted by atomic mass is 10.1. The molecule has 0 saturated carbocycles. The van der Waals surface area contributed by atoms with E-state index in [0.717, 1.165) is 0 Å². The highest BCUT2D eigenvalue weighted by atomic mass is 79.9. The van der Waals surface area contributed by atoms with Gasteiger partial charge in [0.2, 0.25) is 0 Å². The van der Waals surface area contributed by atoms with Gasteiger partial charge in [-0.05, 0) is 53.4 Å². The number of nitrogens with one attached hydrogen (secondary N) is 1. The van der Waals surface area contributed by atoms with E-state index in [0.29, 0.717) is 27.6 Å². The molecule has 6 heteroatoms. The van der Waals surface area contributed by atoms with Crippen LogP contribution in [-0.2, 0) is 4.79 Å². The number of hydrogen-bond acceptors (Lipinski definition) is 3. The van der Waals surface area contributed by atoms with Crippen LogP contribution in [0.15, 0.2) is 22.7 Å². The maximum Gasteiger partial charge on any atom is 0.260 e. The average Bonchev–Trinajstić information content (AvgIpc) is 2.38. The van der Waals surface area contributed by atoms with E-state index in [1.807, 2.05) is 13.8 Å². The molecule has 0 spiro atoms. The summed E-state index contributed by atoms with van der Waals surface area (Å²) in [6.07, 6.45) is -0.546. The van der Waals surface area contributed by atoms with E-state index in [9.17, 15) is 9.90 Å². The van der Waals surface area contributed by atoms with E-state index >= 15 is 0 Å². The van der Waals surface area contributed by atoms with Crippen molar-refractivity contribution in [3.8, 4) is 5.75 Å². The smallest absolute Gasteiger partial charge is 0.260 e. The predicted octanol–water partition coefficient (Wildman–Crippen LogP) is 3.39. The molecular weight excluding hydrogens is 358 g/mol. The normalized spacial score (nSPS) is 13.9. The number of aliphatic hydroxyl groups is 1. The molecule has 0 radical (unpaired) electrons. The van der Waals surface area contributed by atoms with Crippen molar-refractivity contribution in [3.63, 3.8) is 0 Å². The second-order valence-corrected chi connectivity index (χ2v) is 6.65. The third kappa shape index (κ3) is 6.68. The molecule has 1 amide bonds. The minimum atomic E-state index is -0.659. The molecule has 1 rings (SSSR count). The lowest BCUT2D eigenvalue weighted by Gasteiger charge is -2.18. The molecule has 0 aliphatic carbocycles. The highest BCUT2D eigenvalue weighted by Crippen LogP contribution is 2.28. The first-order chi connectivity index (χ1) is 9.79. The van der Waals surface area contributed by atoms with Crippen LogP contribution in [0.3, 0.4) is 0 Å². The summed E-state index contributed by atoms with van der Waals surface area (Å²) in [5.41, 5.74) is 0. The maximum absolute atomic E-state index is 11.9. The van der Waals surface area contributed by atoms with Gasteiger partial charge in [0.25, 0.3) is 5.91 Å². The van der Waals surface area contributed by atoms with Gasteiger partial charge in [-0.2, -0.15) is 0 Å². The molecule has 0 fully saturated rings. The zero-order chi connectivity index (χ0) is 16.0. The first-order valence-electron chi connectivity index (χ1n) is 6.87. The van der Waals surface area contributed by atoms with Crippen molar-refractivity contribution >= 4 is 33.4 Å². The number of aliphatic hydroxyl groups excluding tert-OH is 1. The van der Waals surface area contributed by atoms with Crippen LogP contribution in [0, 0.1) is 5.92 Å². The monoisotopic (exact) mass is 377 g/mol. The first-order valence-corrected chi connectivity index (χ1v) is 8.04. The largest absolute Gasteiger partial charge is 0.480 e. The minimum Gasteiger partial charge on any atom is -0.480 e. The number of amides is 1. The predicted molar refractivity (Wildman–Crippen MR) is 87.7 cm³/mol. The molecule has 0 bridgehead atoms.